The highest BCUT2D eigenvalue weighted by Crippen LogP contribution is 2.40. The third-order valence-corrected chi connectivity index (χ3v) is 10.3. The van der Waals surface area contributed by atoms with Crippen molar-refractivity contribution in [2.75, 3.05) is 77.3 Å². The summed E-state index contributed by atoms with van der Waals surface area (Å²) in [6.07, 6.45) is 4.02. The van der Waals surface area contributed by atoms with Gasteiger partial charge in [-0.05, 0) is 63.4 Å². The van der Waals surface area contributed by atoms with E-state index in [0.717, 1.165) is 78.9 Å². The Kier molecular flexibility index (Phi) is 12.9. The Bertz CT molecular complexity index is 2060. The van der Waals surface area contributed by atoms with Gasteiger partial charge in [0.05, 0.1) is 56.4 Å². The number of rotatable bonds is 19. The van der Waals surface area contributed by atoms with Crippen LogP contribution in [0.15, 0.2) is 48.8 Å². The number of aromatic nitrogens is 4. The summed E-state index contributed by atoms with van der Waals surface area (Å²) in [6.45, 7) is 10.4. The van der Waals surface area contributed by atoms with E-state index in [4.69, 9.17) is 23.7 Å². The van der Waals surface area contributed by atoms with E-state index in [9.17, 15) is 18.8 Å². The number of nitrogens with one attached hydrogen (secondary N) is 3. The highest BCUT2D eigenvalue weighted by molar-refractivity contribution is 6.03. The number of carbonyl (C=O) groups is 3. The van der Waals surface area contributed by atoms with Crippen molar-refractivity contribution >= 4 is 34.4 Å². The van der Waals surface area contributed by atoms with Crippen LogP contribution in [0, 0.1) is 5.82 Å². The quantitative estimate of drug-likeness (QED) is 0.0916. The molecule has 2 saturated heterocycles. The number of amides is 3. The Morgan fingerprint density at radius 2 is 1.72 bits per heavy atom. The molecule has 7 rings (SSSR count). The molecule has 16 nitrogen and oxygen atoms in total. The van der Waals surface area contributed by atoms with Gasteiger partial charge < -0.3 is 33.9 Å². The third-order valence-electron chi connectivity index (χ3n) is 10.3. The normalized spacial score (nSPS) is 19.4. The van der Waals surface area contributed by atoms with E-state index in [1.54, 1.807) is 6.33 Å². The minimum Gasteiger partial charge on any atom is -0.491 e. The summed E-state index contributed by atoms with van der Waals surface area (Å²) in [5.74, 6) is -0.582. The predicted molar refractivity (Wildman–Crippen MR) is 213 cm³/mol. The van der Waals surface area contributed by atoms with Crippen LogP contribution in [0.1, 0.15) is 54.2 Å². The second kappa shape index (κ2) is 18.4. The largest absolute Gasteiger partial charge is 0.491 e. The zero-order valence-electron chi connectivity index (χ0n) is 32.3. The number of piperidine rings is 1. The lowest BCUT2D eigenvalue weighted by molar-refractivity contribution is -0.134. The van der Waals surface area contributed by atoms with Gasteiger partial charge in [0, 0.05) is 60.4 Å². The minimum atomic E-state index is -0.892. The number of ether oxygens (including phenoxy) is 5. The van der Waals surface area contributed by atoms with Crippen LogP contribution in [0.3, 0.4) is 0 Å². The molecule has 0 radical (unpaired) electrons. The van der Waals surface area contributed by atoms with Crippen LogP contribution < -0.4 is 25.0 Å². The number of imide groups is 1. The van der Waals surface area contributed by atoms with Crippen molar-refractivity contribution in [3.05, 3.63) is 60.2 Å². The lowest BCUT2D eigenvalue weighted by Crippen LogP contribution is -2.53. The van der Waals surface area contributed by atoms with Gasteiger partial charge in [-0.1, -0.05) is 0 Å². The number of H-pyrrole nitrogens is 1. The summed E-state index contributed by atoms with van der Waals surface area (Å²) in [4.78, 5) is 49.5. The summed E-state index contributed by atoms with van der Waals surface area (Å²) < 4.78 is 43.3. The number of nitrogens with zero attached hydrogens (tertiary/aromatic N) is 5. The first-order chi connectivity index (χ1) is 27.6. The van der Waals surface area contributed by atoms with Crippen molar-refractivity contribution in [2.45, 2.75) is 57.2 Å². The smallest absolute Gasteiger partial charge is 0.254 e. The lowest BCUT2D eigenvalue weighted by Gasteiger charge is -2.40. The third kappa shape index (κ3) is 10.6. The van der Waals surface area contributed by atoms with Crippen molar-refractivity contribution in [3.8, 4) is 22.9 Å². The number of fused-ring (bicyclic) bond motifs is 1. The molecule has 3 N–H and O–H groups in total. The molecule has 310 valence electrons. The first-order valence-electron chi connectivity index (χ1n) is 19.4. The van der Waals surface area contributed by atoms with E-state index in [1.807, 2.05) is 24.3 Å². The summed E-state index contributed by atoms with van der Waals surface area (Å²) in [7, 11) is 0. The van der Waals surface area contributed by atoms with Gasteiger partial charge in [-0.15, -0.1) is 0 Å². The van der Waals surface area contributed by atoms with Gasteiger partial charge in [0.2, 0.25) is 11.8 Å². The Labute approximate surface area is 334 Å². The maximum absolute atomic E-state index is 14.6. The van der Waals surface area contributed by atoms with Gasteiger partial charge in [0.1, 0.15) is 53.4 Å². The van der Waals surface area contributed by atoms with E-state index in [1.165, 1.54) is 12.1 Å². The average Bonchev–Trinajstić information content (AvgIpc) is 3.77. The average molecular weight is 795 g/mol. The fourth-order valence-corrected chi connectivity index (χ4v) is 6.78. The van der Waals surface area contributed by atoms with Crippen LogP contribution in [-0.4, -0.2) is 133 Å². The molecule has 0 bridgehead atoms. The maximum Gasteiger partial charge on any atom is 0.254 e. The van der Waals surface area contributed by atoms with E-state index in [0.29, 0.717) is 39.1 Å². The standard InChI is InChI=1S/C40H49FN8O8.3H2/c1-26-24-49(35-23-34(42-25-43-35)37-30-21-28(57-40(2)9-10-40)4-6-32(30)46-47-37)12-11-48(26)13-14-53-15-16-54-17-18-55-19-20-56-27-3-5-29(31(41)22-27)38(51)44-33-7-8-36(50)45-39(33)52;;;/h3-6,21-23,25-26,33H,7-20,24H2,1-2H3,(H,44,51)(H,46,47)(H,45,50,52);3*1H/t26-,33?;;;/m0.../s1. The summed E-state index contributed by atoms with van der Waals surface area (Å²) in [5, 5.41) is 13.3. The Balaban J connectivity index is 0.00000265. The van der Waals surface area contributed by atoms with E-state index >= 15 is 0 Å². The monoisotopic (exact) mass is 794 g/mol. The molecule has 2 aromatic carbocycles. The molecular weight excluding hydrogens is 739 g/mol. The highest BCUT2D eigenvalue weighted by Gasteiger charge is 2.40. The molecule has 3 amide bonds. The molecule has 1 saturated carbocycles. The van der Waals surface area contributed by atoms with E-state index in [2.05, 4.69) is 54.4 Å². The van der Waals surface area contributed by atoms with Crippen LogP contribution >= 0.6 is 0 Å². The number of piperazine rings is 1. The highest BCUT2D eigenvalue weighted by atomic mass is 19.1. The molecule has 4 aromatic rings. The fourth-order valence-electron chi connectivity index (χ4n) is 6.78. The molecule has 17 heteroatoms. The molecule has 2 aromatic heterocycles. The van der Waals surface area contributed by atoms with Crippen LogP contribution in [0.5, 0.6) is 11.5 Å². The summed E-state index contributed by atoms with van der Waals surface area (Å²) >= 11 is 0. The minimum absolute atomic E-state index is 0. The van der Waals surface area contributed by atoms with Crippen molar-refractivity contribution in [1.82, 2.24) is 35.7 Å². The molecule has 1 aliphatic carbocycles. The number of hydrogen-bond acceptors (Lipinski definition) is 13. The number of anilines is 1. The molecular formula is C40H55FN8O8. The zero-order valence-corrected chi connectivity index (χ0v) is 32.3. The van der Waals surface area contributed by atoms with E-state index < -0.39 is 29.6 Å². The van der Waals surface area contributed by atoms with Gasteiger partial charge in [-0.2, -0.15) is 5.10 Å². The molecule has 3 aliphatic rings. The topological polar surface area (TPSA) is 182 Å². The van der Waals surface area contributed by atoms with Gasteiger partial charge >= 0.3 is 0 Å². The number of benzene rings is 2. The second-order valence-corrected chi connectivity index (χ2v) is 14.7. The number of carbonyl (C=O) groups excluding carboxylic acids is 3. The first-order valence-corrected chi connectivity index (χ1v) is 19.4. The summed E-state index contributed by atoms with van der Waals surface area (Å²) in [6, 6.07) is 11.3. The van der Waals surface area contributed by atoms with Gasteiger partial charge in [0.15, 0.2) is 0 Å². The number of aromatic amines is 1. The van der Waals surface area contributed by atoms with Crippen LogP contribution in [0.25, 0.3) is 22.3 Å². The zero-order chi connectivity index (χ0) is 39.8. The Morgan fingerprint density at radius 3 is 2.46 bits per heavy atom. The SMILES string of the molecule is C[C@H]1CN(c2cc(-c3n[nH]c4ccc(OC5(C)CC5)cc34)ncn2)CCN1CCOCCOCCOCCOc1ccc(C(=O)NC2CCC(=O)NC2=O)c(F)c1.[HH].[HH].[HH]. The van der Waals surface area contributed by atoms with Crippen LogP contribution in [-0.2, 0) is 23.8 Å². The van der Waals surface area contributed by atoms with Crippen molar-refractivity contribution in [1.29, 1.82) is 0 Å². The lowest BCUT2D eigenvalue weighted by atomic mass is 10.1. The molecule has 2 aliphatic heterocycles. The fraction of sp³-hybridized carbons (Fsp3) is 0.500. The Hall–Kier alpha value is -5.23. The van der Waals surface area contributed by atoms with E-state index in [-0.39, 0.29) is 47.2 Å². The van der Waals surface area contributed by atoms with Gasteiger partial charge in [-0.25, -0.2) is 14.4 Å². The molecule has 57 heavy (non-hydrogen) atoms. The van der Waals surface area contributed by atoms with Gasteiger partial charge in [0.25, 0.3) is 5.91 Å². The molecule has 2 atom stereocenters. The summed E-state index contributed by atoms with van der Waals surface area (Å²) in [5.41, 5.74) is 2.20. The maximum atomic E-state index is 14.6. The van der Waals surface area contributed by atoms with Crippen LogP contribution in [0.2, 0.25) is 0 Å². The van der Waals surface area contributed by atoms with Crippen LogP contribution in [0.4, 0.5) is 10.2 Å². The number of halogens is 1. The van der Waals surface area contributed by atoms with Gasteiger partial charge in [-0.3, -0.25) is 29.7 Å². The molecule has 4 heterocycles. The Morgan fingerprint density at radius 1 is 0.965 bits per heavy atom. The first kappa shape index (κ1) is 40.0. The number of hydrogen-bond donors (Lipinski definition) is 3. The van der Waals surface area contributed by atoms with Crippen molar-refractivity contribution < 1.29 is 46.7 Å². The predicted octanol–water partition coefficient (Wildman–Crippen LogP) is 4.00. The molecule has 1 unspecified atom stereocenters. The van der Waals surface area contributed by atoms with Crippen molar-refractivity contribution in [3.63, 3.8) is 0 Å². The molecule has 0 spiro atoms. The second-order valence-electron chi connectivity index (χ2n) is 14.7. The molecule has 3 fully saturated rings. The van der Waals surface area contributed by atoms with Crippen molar-refractivity contribution in [2.24, 2.45) is 0 Å².